The number of aromatic amines is 1. The molecule has 160 valence electrons. The van der Waals surface area contributed by atoms with E-state index in [4.69, 9.17) is 4.74 Å². The Morgan fingerprint density at radius 3 is 2.67 bits per heavy atom. The van der Waals surface area contributed by atoms with Crippen molar-refractivity contribution in [2.75, 3.05) is 26.3 Å². The lowest BCUT2D eigenvalue weighted by molar-refractivity contribution is -0.934. The standard InChI is InChI=1S/C22H30N6O2/c1-6-22(4,5)28-20(24-25-26-28)19(27-7-9-30-10-8-27)17-13-16-15(3)11-14(2)12-18(16)23-21(17)29/h11-13,19H,6-10H2,1-5H3,(H,23,29)/p+1/t19-/m1/s1. The maximum absolute atomic E-state index is 13.3. The summed E-state index contributed by atoms with van der Waals surface area (Å²) >= 11 is 0. The number of ether oxygens (including phenoxy) is 1. The van der Waals surface area contributed by atoms with Crippen molar-refractivity contribution in [2.24, 2.45) is 0 Å². The number of quaternary nitrogens is 1. The zero-order chi connectivity index (χ0) is 21.5. The Labute approximate surface area is 176 Å². The van der Waals surface area contributed by atoms with Crippen molar-refractivity contribution >= 4 is 10.9 Å². The van der Waals surface area contributed by atoms with E-state index in [0.29, 0.717) is 18.8 Å². The Morgan fingerprint density at radius 1 is 1.23 bits per heavy atom. The molecule has 1 saturated heterocycles. The smallest absolute Gasteiger partial charge is 0.258 e. The number of benzene rings is 1. The molecule has 0 aliphatic carbocycles. The molecule has 0 bridgehead atoms. The molecule has 1 aromatic carbocycles. The van der Waals surface area contributed by atoms with Crippen LogP contribution in [0.25, 0.3) is 10.9 Å². The molecule has 1 atom stereocenters. The number of aryl methyl sites for hydroxylation is 2. The van der Waals surface area contributed by atoms with Gasteiger partial charge in [-0.2, -0.15) is 0 Å². The summed E-state index contributed by atoms with van der Waals surface area (Å²) in [7, 11) is 0. The average Bonchev–Trinajstić information content (AvgIpc) is 3.20. The highest BCUT2D eigenvalue weighted by Crippen LogP contribution is 2.26. The highest BCUT2D eigenvalue weighted by Gasteiger charge is 2.37. The number of fused-ring (bicyclic) bond motifs is 1. The second-order valence-electron chi connectivity index (χ2n) is 8.92. The summed E-state index contributed by atoms with van der Waals surface area (Å²) in [6, 6.07) is 5.94. The second kappa shape index (κ2) is 7.92. The van der Waals surface area contributed by atoms with Gasteiger partial charge in [0, 0.05) is 10.9 Å². The van der Waals surface area contributed by atoms with E-state index in [1.165, 1.54) is 4.90 Å². The van der Waals surface area contributed by atoms with E-state index in [9.17, 15) is 4.79 Å². The molecule has 8 heteroatoms. The number of nitrogens with one attached hydrogen (secondary N) is 2. The van der Waals surface area contributed by atoms with E-state index in [-0.39, 0.29) is 17.1 Å². The maximum atomic E-state index is 13.3. The molecule has 0 saturated carbocycles. The normalized spacial score (nSPS) is 16.8. The molecule has 3 heterocycles. The number of hydrogen-bond donors (Lipinski definition) is 2. The van der Waals surface area contributed by atoms with Crippen molar-refractivity contribution in [1.29, 1.82) is 0 Å². The van der Waals surface area contributed by atoms with Gasteiger partial charge in [0.15, 0.2) is 6.04 Å². The van der Waals surface area contributed by atoms with Gasteiger partial charge in [0.2, 0.25) is 5.82 Å². The molecule has 0 amide bonds. The first-order valence-corrected chi connectivity index (χ1v) is 10.7. The van der Waals surface area contributed by atoms with Crippen LogP contribution >= 0.6 is 0 Å². The minimum absolute atomic E-state index is 0.0830. The summed E-state index contributed by atoms with van der Waals surface area (Å²) in [5.74, 6) is 0.730. The van der Waals surface area contributed by atoms with Gasteiger partial charge in [-0.25, -0.2) is 4.68 Å². The van der Waals surface area contributed by atoms with Crippen LogP contribution in [0.2, 0.25) is 0 Å². The van der Waals surface area contributed by atoms with Crippen molar-refractivity contribution in [3.8, 4) is 0 Å². The molecule has 3 aromatic rings. The topological polar surface area (TPSA) is 90.1 Å². The third kappa shape index (κ3) is 3.65. The van der Waals surface area contributed by atoms with Gasteiger partial charge in [0.05, 0.1) is 24.3 Å². The van der Waals surface area contributed by atoms with Crippen molar-refractivity contribution in [1.82, 2.24) is 25.2 Å². The molecular weight excluding hydrogens is 380 g/mol. The molecule has 0 radical (unpaired) electrons. The minimum Gasteiger partial charge on any atom is -0.370 e. The van der Waals surface area contributed by atoms with Crippen LogP contribution in [0, 0.1) is 13.8 Å². The Kier molecular flexibility index (Phi) is 5.46. The molecular formula is C22H31N6O2+. The molecule has 1 aliphatic heterocycles. The molecule has 30 heavy (non-hydrogen) atoms. The number of hydrogen-bond acceptors (Lipinski definition) is 5. The molecule has 1 aliphatic rings. The van der Waals surface area contributed by atoms with E-state index < -0.39 is 0 Å². The van der Waals surface area contributed by atoms with Crippen LogP contribution < -0.4 is 10.5 Å². The van der Waals surface area contributed by atoms with Gasteiger partial charge in [-0.05, 0) is 67.8 Å². The fourth-order valence-corrected chi connectivity index (χ4v) is 4.32. The zero-order valence-electron chi connectivity index (χ0n) is 18.5. The van der Waals surface area contributed by atoms with Crippen LogP contribution in [0.5, 0.6) is 0 Å². The Balaban J connectivity index is 1.93. The van der Waals surface area contributed by atoms with Crippen molar-refractivity contribution in [3.63, 3.8) is 0 Å². The maximum Gasteiger partial charge on any atom is 0.258 e. The fraction of sp³-hybridized carbons (Fsp3) is 0.545. The van der Waals surface area contributed by atoms with Crippen LogP contribution in [0.3, 0.4) is 0 Å². The van der Waals surface area contributed by atoms with Crippen LogP contribution in [-0.4, -0.2) is 51.5 Å². The number of tetrazole rings is 1. The summed E-state index contributed by atoms with van der Waals surface area (Å²) in [6.07, 6.45) is 0.878. The number of morpholine rings is 1. The summed E-state index contributed by atoms with van der Waals surface area (Å²) in [6.45, 7) is 13.4. The largest absolute Gasteiger partial charge is 0.370 e. The highest BCUT2D eigenvalue weighted by atomic mass is 16.5. The molecule has 0 unspecified atom stereocenters. The van der Waals surface area contributed by atoms with Gasteiger partial charge in [-0.15, -0.1) is 5.10 Å². The monoisotopic (exact) mass is 411 g/mol. The average molecular weight is 412 g/mol. The van der Waals surface area contributed by atoms with Crippen LogP contribution in [-0.2, 0) is 10.3 Å². The predicted octanol–water partition coefficient (Wildman–Crippen LogP) is 1.28. The van der Waals surface area contributed by atoms with E-state index in [2.05, 4.69) is 54.3 Å². The molecule has 1 fully saturated rings. The van der Waals surface area contributed by atoms with Crippen LogP contribution in [0.1, 0.15) is 55.7 Å². The summed E-state index contributed by atoms with van der Waals surface area (Å²) < 4.78 is 7.48. The number of rotatable bonds is 5. The number of aromatic nitrogens is 5. The van der Waals surface area contributed by atoms with Gasteiger partial charge in [-0.1, -0.05) is 13.0 Å². The van der Waals surface area contributed by atoms with Crippen molar-refractivity contribution in [2.45, 2.75) is 52.6 Å². The van der Waals surface area contributed by atoms with Crippen molar-refractivity contribution < 1.29 is 9.64 Å². The molecule has 4 rings (SSSR count). The van der Waals surface area contributed by atoms with Crippen LogP contribution in [0.15, 0.2) is 23.0 Å². The molecule has 2 N–H and O–H groups in total. The van der Waals surface area contributed by atoms with E-state index in [1.807, 2.05) is 23.7 Å². The van der Waals surface area contributed by atoms with E-state index in [0.717, 1.165) is 47.4 Å². The lowest BCUT2D eigenvalue weighted by Crippen LogP contribution is -3.14. The van der Waals surface area contributed by atoms with Crippen LogP contribution in [0.4, 0.5) is 0 Å². The summed E-state index contributed by atoms with van der Waals surface area (Å²) in [5.41, 5.74) is 3.51. The molecule has 0 spiro atoms. The highest BCUT2D eigenvalue weighted by molar-refractivity contribution is 5.83. The molecule has 2 aromatic heterocycles. The quantitative estimate of drug-likeness (QED) is 0.660. The number of H-pyrrole nitrogens is 1. The minimum atomic E-state index is -0.261. The third-order valence-corrected chi connectivity index (χ3v) is 6.39. The lowest BCUT2D eigenvalue weighted by Gasteiger charge is -2.33. The Bertz CT molecular complexity index is 1110. The second-order valence-corrected chi connectivity index (χ2v) is 8.92. The van der Waals surface area contributed by atoms with E-state index >= 15 is 0 Å². The zero-order valence-corrected chi connectivity index (χ0v) is 18.5. The SMILES string of the molecule is CCC(C)(C)n1nnnc1[C@@H](c1cc2c(C)cc(C)cc2[nH]c1=O)[NH+]1CCOCC1. The summed E-state index contributed by atoms with van der Waals surface area (Å²) in [4.78, 5) is 17.7. The Morgan fingerprint density at radius 2 is 1.97 bits per heavy atom. The first-order valence-electron chi connectivity index (χ1n) is 10.7. The van der Waals surface area contributed by atoms with E-state index in [1.54, 1.807) is 0 Å². The van der Waals surface area contributed by atoms with Gasteiger partial charge < -0.3 is 14.6 Å². The fourth-order valence-electron chi connectivity index (χ4n) is 4.32. The predicted molar refractivity (Wildman–Crippen MR) is 115 cm³/mol. The summed E-state index contributed by atoms with van der Waals surface area (Å²) in [5, 5.41) is 13.8. The van der Waals surface area contributed by atoms with Gasteiger partial charge in [-0.3, -0.25) is 4.79 Å². The third-order valence-electron chi connectivity index (χ3n) is 6.39. The van der Waals surface area contributed by atoms with Crippen molar-refractivity contribution in [3.05, 3.63) is 51.1 Å². The van der Waals surface area contributed by atoms with Gasteiger partial charge >= 0.3 is 0 Å². The number of pyridine rings is 1. The molecule has 8 nitrogen and oxygen atoms in total. The first-order chi connectivity index (χ1) is 14.3. The first kappa shape index (κ1) is 20.7. The van der Waals surface area contributed by atoms with Gasteiger partial charge in [0.1, 0.15) is 13.1 Å². The van der Waals surface area contributed by atoms with Gasteiger partial charge in [0.25, 0.3) is 5.56 Å². The number of nitrogens with zero attached hydrogens (tertiary/aromatic N) is 4. The lowest BCUT2D eigenvalue weighted by atomic mass is 9.98. The Hall–Kier alpha value is -2.58.